The molecule has 0 aliphatic carbocycles. The van der Waals surface area contributed by atoms with Crippen LogP contribution >= 0.6 is 0 Å². The van der Waals surface area contributed by atoms with Gasteiger partial charge in [-0.05, 0) is 18.7 Å². The highest BCUT2D eigenvalue weighted by molar-refractivity contribution is 5.83. The number of carbonyl (C=O) groups is 1. The molecule has 0 aromatic carbocycles. The Bertz CT molecular complexity index is 693. The van der Waals surface area contributed by atoms with Crippen LogP contribution in [0.4, 0.5) is 5.82 Å². The molecular formula is C17H24N6O2. The molecule has 8 heteroatoms. The lowest BCUT2D eigenvalue weighted by Gasteiger charge is -2.27. The Morgan fingerprint density at radius 2 is 2.12 bits per heavy atom. The zero-order valence-corrected chi connectivity index (χ0v) is 14.6. The second-order valence-electron chi connectivity index (χ2n) is 6.01. The molecule has 134 valence electrons. The van der Waals surface area contributed by atoms with Crippen molar-refractivity contribution in [3.8, 4) is 0 Å². The van der Waals surface area contributed by atoms with Gasteiger partial charge >= 0.3 is 0 Å². The molecule has 0 spiro atoms. The van der Waals surface area contributed by atoms with Gasteiger partial charge in [0.05, 0.1) is 19.4 Å². The Labute approximate surface area is 147 Å². The van der Waals surface area contributed by atoms with E-state index in [2.05, 4.69) is 25.6 Å². The molecule has 1 saturated heterocycles. The lowest BCUT2D eigenvalue weighted by Crippen LogP contribution is -2.37. The number of likely N-dealkylation sites (N-methyl/N-ethyl adjacent to an activating group) is 1. The molecule has 1 fully saturated rings. The van der Waals surface area contributed by atoms with E-state index in [4.69, 9.17) is 4.74 Å². The fraction of sp³-hybridized carbons (Fsp3) is 0.471. The molecule has 1 amide bonds. The number of aromatic nitrogens is 3. The van der Waals surface area contributed by atoms with Gasteiger partial charge in [0.1, 0.15) is 11.9 Å². The van der Waals surface area contributed by atoms with E-state index in [1.54, 1.807) is 17.9 Å². The molecular weight excluding hydrogens is 320 g/mol. The summed E-state index contributed by atoms with van der Waals surface area (Å²) >= 11 is 0. The first-order valence-electron chi connectivity index (χ1n) is 8.38. The summed E-state index contributed by atoms with van der Waals surface area (Å²) in [5.74, 6) is 0.856. The largest absolute Gasteiger partial charge is 0.378 e. The maximum Gasteiger partial charge on any atom is 0.242 e. The van der Waals surface area contributed by atoms with Gasteiger partial charge in [-0.1, -0.05) is 6.07 Å². The number of pyridine rings is 1. The Balaban J connectivity index is 1.56. The molecule has 2 aromatic rings. The van der Waals surface area contributed by atoms with Crippen LogP contribution in [0.2, 0.25) is 0 Å². The van der Waals surface area contributed by atoms with Crippen molar-refractivity contribution in [2.45, 2.75) is 12.6 Å². The van der Waals surface area contributed by atoms with E-state index in [0.29, 0.717) is 6.54 Å². The first-order valence-corrected chi connectivity index (χ1v) is 8.38. The molecule has 8 nitrogen and oxygen atoms in total. The van der Waals surface area contributed by atoms with Crippen LogP contribution in [-0.4, -0.2) is 54.0 Å². The molecule has 3 rings (SSSR count). The van der Waals surface area contributed by atoms with E-state index in [9.17, 15) is 4.79 Å². The first-order chi connectivity index (χ1) is 12.2. The van der Waals surface area contributed by atoms with Crippen molar-refractivity contribution in [3.63, 3.8) is 0 Å². The number of aryl methyl sites for hydroxylation is 1. The second-order valence-corrected chi connectivity index (χ2v) is 6.01. The second kappa shape index (κ2) is 8.09. The summed E-state index contributed by atoms with van der Waals surface area (Å²) in [7, 11) is 3.59. The number of ether oxygens (including phenoxy) is 1. The highest BCUT2D eigenvalue weighted by atomic mass is 16.5. The topological polar surface area (TPSA) is 84.3 Å². The van der Waals surface area contributed by atoms with Crippen LogP contribution in [0.5, 0.6) is 0 Å². The molecule has 1 aliphatic heterocycles. The van der Waals surface area contributed by atoms with E-state index in [1.807, 2.05) is 31.6 Å². The zero-order chi connectivity index (χ0) is 17.6. The highest BCUT2D eigenvalue weighted by Crippen LogP contribution is 2.14. The third kappa shape index (κ3) is 4.34. The lowest BCUT2D eigenvalue weighted by molar-refractivity contribution is -0.123. The van der Waals surface area contributed by atoms with Gasteiger partial charge in [-0.15, -0.1) is 0 Å². The van der Waals surface area contributed by atoms with E-state index in [1.165, 1.54) is 0 Å². The number of anilines is 1. The predicted molar refractivity (Wildman–Crippen MR) is 94.1 cm³/mol. The Morgan fingerprint density at radius 1 is 1.32 bits per heavy atom. The van der Waals surface area contributed by atoms with E-state index >= 15 is 0 Å². The summed E-state index contributed by atoms with van der Waals surface area (Å²) in [6, 6.07) is 3.56. The molecule has 0 bridgehead atoms. The number of morpholine rings is 1. The standard InChI is InChI=1S/C17H24N6O2/c1-18-16(14-11-21-22(2)12-14)17(24)20-10-13-3-4-15(19-9-13)23-5-7-25-8-6-23/h3-4,9,11-12,16,18H,5-8,10H2,1-2H3,(H,20,24). The maximum atomic E-state index is 12.4. The summed E-state index contributed by atoms with van der Waals surface area (Å²) in [4.78, 5) is 19.1. The van der Waals surface area contributed by atoms with Crippen LogP contribution in [-0.2, 0) is 23.1 Å². The van der Waals surface area contributed by atoms with Crippen molar-refractivity contribution in [3.05, 3.63) is 41.9 Å². The van der Waals surface area contributed by atoms with Crippen LogP contribution in [0, 0.1) is 0 Å². The van der Waals surface area contributed by atoms with Crippen molar-refractivity contribution in [2.24, 2.45) is 7.05 Å². The average Bonchev–Trinajstić information content (AvgIpc) is 3.08. The van der Waals surface area contributed by atoms with E-state index < -0.39 is 6.04 Å². The molecule has 1 unspecified atom stereocenters. The number of hydrogen-bond donors (Lipinski definition) is 2. The molecule has 1 aliphatic rings. The van der Waals surface area contributed by atoms with Gasteiger partial charge in [0, 0.05) is 44.6 Å². The van der Waals surface area contributed by atoms with Gasteiger partial charge in [0.15, 0.2) is 0 Å². The monoisotopic (exact) mass is 344 g/mol. The molecule has 3 heterocycles. The van der Waals surface area contributed by atoms with Crippen molar-refractivity contribution < 1.29 is 9.53 Å². The van der Waals surface area contributed by atoms with E-state index in [0.717, 1.165) is 43.2 Å². The van der Waals surface area contributed by atoms with Crippen LogP contribution in [0.15, 0.2) is 30.7 Å². The summed E-state index contributed by atoms with van der Waals surface area (Å²) in [6.07, 6.45) is 5.34. The third-order valence-electron chi connectivity index (χ3n) is 4.22. The van der Waals surface area contributed by atoms with Crippen LogP contribution in [0.3, 0.4) is 0 Å². The number of nitrogens with one attached hydrogen (secondary N) is 2. The maximum absolute atomic E-state index is 12.4. The highest BCUT2D eigenvalue weighted by Gasteiger charge is 2.19. The summed E-state index contributed by atoms with van der Waals surface area (Å²) < 4.78 is 7.03. The van der Waals surface area contributed by atoms with Crippen LogP contribution in [0.25, 0.3) is 0 Å². The van der Waals surface area contributed by atoms with Crippen molar-refractivity contribution in [1.29, 1.82) is 0 Å². The normalized spacial score (nSPS) is 15.8. The fourth-order valence-electron chi connectivity index (χ4n) is 2.83. The molecule has 25 heavy (non-hydrogen) atoms. The minimum atomic E-state index is -0.422. The predicted octanol–water partition coefficient (Wildman–Crippen LogP) is 0.229. The van der Waals surface area contributed by atoms with Gasteiger partial charge in [-0.25, -0.2) is 4.98 Å². The van der Waals surface area contributed by atoms with Gasteiger partial charge in [-0.3, -0.25) is 9.48 Å². The minimum absolute atomic E-state index is 0.0900. The zero-order valence-electron chi connectivity index (χ0n) is 14.6. The third-order valence-corrected chi connectivity index (χ3v) is 4.22. The Morgan fingerprint density at radius 3 is 2.72 bits per heavy atom. The number of rotatable bonds is 6. The van der Waals surface area contributed by atoms with E-state index in [-0.39, 0.29) is 5.91 Å². The first kappa shape index (κ1) is 17.4. The number of nitrogens with zero attached hydrogens (tertiary/aromatic N) is 4. The molecule has 2 aromatic heterocycles. The van der Waals surface area contributed by atoms with Crippen molar-refractivity contribution in [2.75, 3.05) is 38.3 Å². The quantitative estimate of drug-likeness (QED) is 0.780. The Hall–Kier alpha value is -2.45. The van der Waals surface area contributed by atoms with Crippen LogP contribution < -0.4 is 15.5 Å². The molecule has 2 N–H and O–H groups in total. The summed E-state index contributed by atoms with van der Waals surface area (Å²) in [5.41, 5.74) is 1.80. The van der Waals surface area contributed by atoms with Crippen molar-refractivity contribution >= 4 is 11.7 Å². The van der Waals surface area contributed by atoms with Gasteiger partial charge < -0.3 is 20.3 Å². The average molecular weight is 344 g/mol. The molecule has 0 radical (unpaired) electrons. The van der Waals surface area contributed by atoms with Gasteiger partial charge in [0.2, 0.25) is 5.91 Å². The van der Waals surface area contributed by atoms with Gasteiger partial charge in [-0.2, -0.15) is 5.10 Å². The number of carbonyl (C=O) groups excluding carboxylic acids is 1. The molecule has 1 atom stereocenters. The fourth-order valence-corrected chi connectivity index (χ4v) is 2.83. The van der Waals surface area contributed by atoms with Gasteiger partial charge in [0.25, 0.3) is 0 Å². The smallest absolute Gasteiger partial charge is 0.242 e. The summed E-state index contributed by atoms with van der Waals surface area (Å²) in [5, 5.41) is 10.1. The Kier molecular flexibility index (Phi) is 5.62. The summed E-state index contributed by atoms with van der Waals surface area (Å²) in [6.45, 7) is 3.63. The number of hydrogen-bond acceptors (Lipinski definition) is 6. The van der Waals surface area contributed by atoms with Crippen LogP contribution in [0.1, 0.15) is 17.2 Å². The number of amides is 1. The van der Waals surface area contributed by atoms with Crippen molar-refractivity contribution in [1.82, 2.24) is 25.4 Å². The molecule has 0 saturated carbocycles. The minimum Gasteiger partial charge on any atom is -0.378 e. The lowest BCUT2D eigenvalue weighted by atomic mass is 10.1. The SMILES string of the molecule is CNC(C(=O)NCc1ccc(N2CCOCC2)nc1)c1cnn(C)c1.